The van der Waals surface area contributed by atoms with E-state index in [0.717, 1.165) is 24.2 Å². The van der Waals surface area contributed by atoms with Crippen LogP contribution in [0, 0.1) is 13.8 Å². The summed E-state index contributed by atoms with van der Waals surface area (Å²) in [5.74, 6) is -0.207. The number of carbonyl (C=O) groups excluding carboxylic acids is 1. The quantitative estimate of drug-likeness (QED) is 0.816. The predicted molar refractivity (Wildman–Crippen MR) is 64.5 cm³/mol. The molecule has 2 rings (SSSR count). The monoisotopic (exact) mass is 234 g/mol. The van der Waals surface area contributed by atoms with E-state index >= 15 is 0 Å². The van der Waals surface area contributed by atoms with Gasteiger partial charge in [0.1, 0.15) is 0 Å². The molecule has 0 aliphatic heterocycles. The third kappa shape index (κ3) is 3.03. The zero-order valence-corrected chi connectivity index (χ0v) is 10.3. The fourth-order valence-corrected chi connectivity index (χ4v) is 2.12. The lowest BCUT2D eigenvalue weighted by Gasteiger charge is -2.12. The van der Waals surface area contributed by atoms with Crippen LogP contribution in [0.3, 0.4) is 0 Å². The summed E-state index contributed by atoms with van der Waals surface area (Å²) >= 11 is 0. The number of pyridine rings is 1. The molecule has 0 aromatic carbocycles. The SMILES string of the molecule is Cc1ccc(C(=O)NOC2CCCC2)c(C)n1. The maximum absolute atomic E-state index is 11.9. The average molecular weight is 234 g/mol. The summed E-state index contributed by atoms with van der Waals surface area (Å²) in [6.45, 7) is 3.74. The van der Waals surface area contributed by atoms with Crippen LogP contribution in [0.4, 0.5) is 0 Å². The van der Waals surface area contributed by atoms with Gasteiger partial charge in [0.2, 0.25) is 0 Å². The lowest BCUT2D eigenvalue weighted by atomic mass is 10.2. The first-order valence-corrected chi connectivity index (χ1v) is 6.07. The first-order chi connectivity index (χ1) is 8.16. The summed E-state index contributed by atoms with van der Waals surface area (Å²) in [5, 5.41) is 0. The van der Waals surface area contributed by atoms with Crippen LogP contribution in [0.15, 0.2) is 12.1 Å². The van der Waals surface area contributed by atoms with Gasteiger partial charge in [-0.05, 0) is 38.8 Å². The molecule has 0 bridgehead atoms. The fraction of sp³-hybridized carbons (Fsp3) is 0.538. The zero-order chi connectivity index (χ0) is 12.3. The molecule has 1 N–H and O–H groups in total. The van der Waals surface area contributed by atoms with Crippen molar-refractivity contribution in [3.05, 3.63) is 29.1 Å². The van der Waals surface area contributed by atoms with Crippen molar-refractivity contribution in [1.82, 2.24) is 10.5 Å². The first-order valence-electron chi connectivity index (χ1n) is 6.07. The molecule has 1 amide bonds. The minimum Gasteiger partial charge on any atom is -0.270 e. The van der Waals surface area contributed by atoms with E-state index in [9.17, 15) is 4.79 Å². The number of aryl methyl sites for hydroxylation is 2. The van der Waals surface area contributed by atoms with Gasteiger partial charge < -0.3 is 0 Å². The van der Waals surface area contributed by atoms with Crippen molar-refractivity contribution in [2.75, 3.05) is 0 Å². The molecule has 1 fully saturated rings. The molecule has 1 saturated carbocycles. The highest BCUT2D eigenvalue weighted by atomic mass is 16.7. The Labute approximate surface area is 101 Å². The van der Waals surface area contributed by atoms with E-state index in [1.165, 1.54) is 12.8 Å². The summed E-state index contributed by atoms with van der Waals surface area (Å²) in [6, 6.07) is 3.61. The van der Waals surface area contributed by atoms with Gasteiger partial charge in [-0.2, -0.15) is 0 Å². The Morgan fingerprint density at radius 3 is 2.71 bits per heavy atom. The van der Waals surface area contributed by atoms with Crippen LogP contribution in [-0.2, 0) is 4.84 Å². The Morgan fingerprint density at radius 2 is 2.06 bits per heavy atom. The van der Waals surface area contributed by atoms with E-state index in [2.05, 4.69) is 10.5 Å². The highest BCUT2D eigenvalue weighted by Gasteiger charge is 2.18. The molecular weight excluding hydrogens is 216 g/mol. The van der Waals surface area contributed by atoms with E-state index in [4.69, 9.17) is 4.84 Å². The molecule has 1 aliphatic carbocycles. The Balaban J connectivity index is 1.94. The van der Waals surface area contributed by atoms with Crippen LogP contribution in [0.1, 0.15) is 47.4 Å². The van der Waals surface area contributed by atoms with Crippen LogP contribution in [0.5, 0.6) is 0 Å². The molecule has 92 valence electrons. The van der Waals surface area contributed by atoms with Crippen molar-refractivity contribution in [3.8, 4) is 0 Å². The molecule has 0 spiro atoms. The number of amides is 1. The number of carbonyl (C=O) groups is 1. The van der Waals surface area contributed by atoms with Gasteiger partial charge in [-0.3, -0.25) is 14.6 Å². The van der Waals surface area contributed by atoms with Crippen molar-refractivity contribution >= 4 is 5.91 Å². The number of hydroxylamine groups is 1. The van der Waals surface area contributed by atoms with E-state index in [-0.39, 0.29) is 12.0 Å². The van der Waals surface area contributed by atoms with Gasteiger partial charge in [0.15, 0.2) is 0 Å². The van der Waals surface area contributed by atoms with Gasteiger partial charge in [0, 0.05) is 5.69 Å². The summed E-state index contributed by atoms with van der Waals surface area (Å²) in [6.07, 6.45) is 4.62. The van der Waals surface area contributed by atoms with E-state index < -0.39 is 0 Å². The standard InChI is InChI=1S/C13H18N2O2/c1-9-7-8-12(10(2)14-9)13(16)15-17-11-5-3-4-6-11/h7-8,11H,3-6H2,1-2H3,(H,15,16). The van der Waals surface area contributed by atoms with E-state index in [0.29, 0.717) is 5.56 Å². The zero-order valence-electron chi connectivity index (χ0n) is 10.3. The first kappa shape index (κ1) is 12.0. The van der Waals surface area contributed by atoms with Gasteiger partial charge in [-0.1, -0.05) is 12.8 Å². The number of hydrogen-bond donors (Lipinski definition) is 1. The number of nitrogens with zero attached hydrogens (tertiary/aromatic N) is 1. The maximum Gasteiger partial charge on any atom is 0.276 e. The van der Waals surface area contributed by atoms with Crippen LogP contribution in [-0.4, -0.2) is 17.0 Å². The molecule has 0 radical (unpaired) electrons. The topological polar surface area (TPSA) is 51.2 Å². The van der Waals surface area contributed by atoms with Crippen LogP contribution in [0.25, 0.3) is 0 Å². The van der Waals surface area contributed by atoms with Crippen LogP contribution < -0.4 is 5.48 Å². The molecule has 0 saturated heterocycles. The normalized spacial score (nSPS) is 16.1. The number of rotatable bonds is 3. The lowest BCUT2D eigenvalue weighted by Crippen LogP contribution is -2.29. The second-order valence-electron chi connectivity index (χ2n) is 4.54. The molecule has 1 aliphatic rings. The van der Waals surface area contributed by atoms with Crippen LogP contribution >= 0.6 is 0 Å². The molecule has 4 heteroatoms. The average Bonchev–Trinajstić information content (AvgIpc) is 2.78. The Morgan fingerprint density at radius 1 is 1.35 bits per heavy atom. The molecule has 0 unspecified atom stereocenters. The van der Waals surface area contributed by atoms with Crippen molar-refractivity contribution in [1.29, 1.82) is 0 Å². The van der Waals surface area contributed by atoms with Crippen molar-refractivity contribution < 1.29 is 9.63 Å². The fourth-order valence-electron chi connectivity index (χ4n) is 2.12. The molecule has 4 nitrogen and oxygen atoms in total. The van der Waals surface area contributed by atoms with Gasteiger partial charge in [0.25, 0.3) is 5.91 Å². The van der Waals surface area contributed by atoms with Crippen molar-refractivity contribution in [2.24, 2.45) is 0 Å². The van der Waals surface area contributed by atoms with Gasteiger partial charge in [-0.15, -0.1) is 0 Å². The lowest BCUT2D eigenvalue weighted by molar-refractivity contribution is -0.0125. The van der Waals surface area contributed by atoms with E-state index in [1.807, 2.05) is 19.9 Å². The highest BCUT2D eigenvalue weighted by Crippen LogP contribution is 2.20. The van der Waals surface area contributed by atoms with Crippen molar-refractivity contribution in [2.45, 2.75) is 45.6 Å². The Kier molecular flexibility index (Phi) is 3.74. The van der Waals surface area contributed by atoms with Gasteiger partial charge >= 0.3 is 0 Å². The molecular formula is C13H18N2O2. The highest BCUT2D eigenvalue weighted by molar-refractivity contribution is 5.94. The van der Waals surface area contributed by atoms with Crippen LogP contribution in [0.2, 0.25) is 0 Å². The predicted octanol–water partition coefficient (Wildman–Crippen LogP) is 2.30. The third-order valence-electron chi connectivity index (χ3n) is 3.09. The summed E-state index contributed by atoms with van der Waals surface area (Å²) in [7, 11) is 0. The molecule has 1 heterocycles. The smallest absolute Gasteiger partial charge is 0.270 e. The number of hydrogen-bond acceptors (Lipinski definition) is 3. The van der Waals surface area contributed by atoms with Crippen molar-refractivity contribution in [3.63, 3.8) is 0 Å². The molecule has 17 heavy (non-hydrogen) atoms. The molecule has 1 aromatic heterocycles. The minimum absolute atomic E-state index is 0.178. The summed E-state index contributed by atoms with van der Waals surface area (Å²) in [5.41, 5.74) is 4.75. The number of aromatic nitrogens is 1. The molecule has 1 aromatic rings. The summed E-state index contributed by atoms with van der Waals surface area (Å²) < 4.78 is 0. The Hall–Kier alpha value is -1.42. The largest absolute Gasteiger partial charge is 0.276 e. The third-order valence-corrected chi connectivity index (χ3v) is 3.09. The number of nitrogens with one attached hydrogen (secondary N) is 1. The Bertz CT molecular complexity index is 412. The minimum atomic E-state index is -0.207. The second-order valence-corrected chi connectivity index (χ2v) is 4.54. The van der Waals surface area contributed by atoms with Gasteiger partial charge in [0.05, 0.1) is 17.4 Å². The maximum atomic E-state index is 11.9. The summed E-state index contributed by atoms with van der Waals surface area (Å²) in [4.78, 5) is 21.5. The van der Waals surface area contributed by atoms with E-state index in [1.54, 1.807) is 6.07 Å². The molecule has 0 atom stereocenters. The second kappa shape index (κ2) is 5.27. The van der Waals surface area contributed by atoms with Gasteiger partial charge in [-0.25, -0.2) is 5.48 Å².